The summed E-state index contributed by atoms with van der Waals surface area (Å²) in [6.07, 6.45) is 6.37. The van der Waals surface area contributed by atoms with Gasteiger partial charge in [0.2, 0.25) is 6.79 Å². The minimum atomic E-state index is -0.874. The van der Waals surface area contributed by atoms with Gasteiger partial charge in [-0.2, -0.15) is 0 Å². The first-order valence-electron chi connectivity index (χ1n) is 11.5. The molecule has 1 heterocycles. The third kappa shape index (κ3) is 3.77. The summed E-state index contributed by atoms with van der Waals surface area (Å²) in [6, 6.07) is 15.2. The van der Waals surface area contributed by atoms with Gasteiger partial charge >= 0.3 is 12.1 Å². The fourth-order valence-corrected chi connectivity index (χ4v) is 6.15. The maximum atomic E-state index is 12.2. The summed E-state index contributed by atoms with van der Waals surface area (Å²) in [6.45, 7) is 0.623. The van der Waals surface area contributed by atoms with Gasteiger partial charge in [0.05, 0.1) is 5.56 Å². The van der Waals surface area contributed by atoms with Gasteiger partial charge in [0, 0.05) is 11.5 Å². The molecule has 1 aliphatic heterocycles. The quantitative estimate of drug-likeness (QED) is 0.394. The van der Waals surface area contributed by atoms with Gasteiger partial charge in [0.1, 0.15) is 5.75 Å². The van der Waals surface area contributed by atoms with Crippen LogP contribution in [0.2, 0.25) is 0 Å². The summed E-state index contributed by atoms with van der Waals surface area (Å²) in [4.78, 5) is 26.7. The van der Waals surface area contributed by atoms with Crippen LogP contribution in [0, 0.1) is 5.92 Å². The number of nitrogens with zero attached hydrogens (tertiary/aromatic N) is 1. The summed E-state index contributed by atoms with van der Waals surface area (Å²) >= 11 is 0. The van der Waals surface area contributed by atoms with E-state index in [1.54, 1.807) is 24.3 Å². The zero-order valence-corrected chi connectivity index (χ0v) is 18.4. The van der Waals surface area contributed by atoms with Gasteiger partial charge in [-0.1, -0.05) is 37.1 Å². The van der Waals surface area contributed by atoms with Crippen LogP contribution >= 0.6 is 0 Å². The average molecular weight is 436 g/mol. The molecule has 2 bridgehead atoms. The zero-order chi connectivity index (χ0) is 22.1. The highest BCUT2D eigenvalue weighted by atomic mass is 16.8. The van der Waals surface area contributed by atoms with Crippen molar-refractivity contribution in [2.24, 2.45) is 5.92 Å². The second kappa shape index (κ2) is 8.58. The first-order valence-corrected chi connectivity index (χ1v) is 11.5. The zero-order valence-electron chi connectivity index (χ0n) is 18.4. The minimum absolute atomic E-state index is 0.192. The van der Waals surface area contributed by atoms with E-state index in [4.69, 9.17) is 14.2 Å². The molecule has 6 nitrogen and oxygen atoms in total. The largest absolute Gasteiger partial charge is 0.516 e. The number of rotatable bonds is 4. The Morgan fingerprint density at radius 1 is 1.06 bits per heavy atom. The number of piperidine rings is 1. The van der Waals surface area contributed by atoms with Crippen molar-refractivity contribution in [1.82, 2.24) is 4.90 Å². The molecule has 0 radical (unpaired) electrons. The topological polar surface area (TPSA) is 65.1 Å². The SMILES string of the molecule is CN1CCC23CCCCC2C1Cc1ccc(OC(=O)OCOC(=O)c2ccccc2)cc13. The Labute approximate surface area is 188 Å². The summed E-state index contributed by atoms with van der Waals surface area (Å²) in [7, 11) is 2.26. The standard InChI is InChI=1S/C26H29NO5/c1-27-14-13-26-12-6-5-9-21(26)23(27)15-19-10-11-20(16-22(19)26)32-25(29)31-17-30-24(28)18-7-3-2-4-8-18/h2-4,7-8,10-11,16,21,23H,5-6,9,12-15,17H2,1H3. The van der Waals surface area contributed by atoms with E-state index in [1.807, 2.05) is 18.2 Å². The fourth-order valence-electron chi connectivity index (χ4n) is 6.15. The second-order valence-electron chi connectivity index (χ2n) is 9.24. The number of carbonyl (C=O) groups excluding carboxylic acids is 2. The number of carbonyl (C=O) groups is 2. The molecule has 2 aliphatic carbocycles. The molecule has 2 aromatic rings. The molecule has 168 valence electrons. The minimum Gasteiger partial charge on any atom is -0.424 e. The molecule has 3 unspecified atom stereocenters. The van der Waals surface area contributed by atoms with E-state index in [0.717, 1.165) is 19.4 Å². The Kier molecular flexibility index (Phi) is 5.64. The van der Waals surface area contributed by atoms with Crippen LogP contribution in [0.15, 0.2) is 48.5 Å². The van der Waals surface area contributed by atoms with Gasteiger partial charge < -0.3 is 19.1 Å². The maximum absolute atomic E-state index is 12.2. The van der Waals surface area contributed by atoms with Crippen LogP contribution in [-0.2, 0) is 21.3 Å². The van der Waals surface area contributed by atoms with Crippen molar-refractivity contribution in [2.45, 2.75) is 50.0 Å². The van der Waals surface area contributed by atoms with E-state index >= 15 is 0 Å². The molecular formula is C26H29NO5. The van der Waals surface area contributed by atoms with Crippen LogP contribution in [0.3, 0.4) is 0 Å². The third-order valence-corrected chi connectivity index (χ3v) is 7.66. The first kappa shape index (κ1) is 21.0. The summed E-state index contributed by atoms with van der Waals surface area (Å²) in [5, 5.41) is 0. The van der Waals surface area contributed by atoms with E-state index in [2.05, 4.69) is 18.0 Å². The van der Waals surface area contributed by atoms with Crippen LogP contribution in [-0.4, -0.2) is 43.5 Å². The summed E-state index contributed by atoms with van der Waals surface area (Å²) in [5.74, 6) is 0.604. The van der Waals surface area contributed by atoms with Crippen molar-refractivity contribution >= 4 is 12.1 Å². The molecule has 6 heteroatoms. The third-order valence-electron chi connectivity index (χ3n) is 7.66. The highest BCUT2D eigenvalue weighted by Gasteiger charge is 2.53. The van der Waals surface area contributed by atoms with Crippen LogP contribution < -0.4 is 4.74 Å². The van der Waals surface area contributed by atoms with Crippen molar-refractivity contribution in [3.8, 4) is 5.75 Å². The monoisotopic (exact) mass is 435 g/mol. The van der Waals surface area contributed by atoms with Gasteiger partial charge in [0.15, 0.2) is 0 Å². The number of hydrogen-bond acceptors (Lipinski definition) is 6. The van der Waals surface area contributed by atoms with Crippen molar-refractivity contribution < 1.29 is 23.8 Å². The summed E-state index contributed by atoms with van der Waals surface area (Å²) in [5.41, 5.74) is 3.32. The Bertz CT molecular complexity index is 1010. The normalized spacial score (nSPS) is 26.4. The van der Waals surface area contributed by atoms with Crippen molar-refractivity contribution in [1.29, 1.82) is 0 Å². The van der Waals surface area contributed by atoms with Gasteiger partial charge in [-0.25, -0.2) is 9.59 Å². The van der Waals surface area contributed by atoms with Crippen molar-refractivity contribution in [3.63, 3.8) is 0 Å². The highest BCUT2D eigenvalue weighted by Crippen LogP contribution is 2.55. The molecule has 0 N–H and O–H groups in total. The summed E-state index contributed by atoms with van der Waals surface area (Å²) < 4.78 is 15.4. The van der Waals surface area contributed by atoms with E-state index in [-0.39, 0.29) is 5.41 Å². The Balaban J connectivity index is 1.25. The molecule has 2 aromatic carbocycles. The van der Waals surface area contributed by atoms with E-state index < -0.39 is 18.9 Å². The number of hydrogen-bond donors (Lipinski definition) is 0. The Morgan fingerprint density at radius 2 is 1.91 bits per heavy atom. The van der Waals surface area contributed by atoms with Crippen molar-refractivity contribution in [3.05, 3.63) is 65.2 Å². The van der Waals surface area contributed by atoms with Crippen LogP contribution in [0.5, 0.6) is 5.75 Å². The van der Waals surface area contributed by atoms with Gasteiger partial charge in [-0.3, -0.25) is 0 Å². The molecule has 1 saturated heterocycles. The van der Waals surface area contributed by atoms with Gasteiger partial charge in [-0.05, 0) is 80.6 Å². The maximum Gasteiger partial charge on any atom is 0.516 e. The van der Waals surface area contributed by atoms with Crippen LogP contribution in [0.1, 0.15) is 53.6 Å². The molecule has 3 aliphatic rings. The fraction of sp³-hybridized carbons (Fsp3) is 0.462. The molecular weight excluding hydrogens is 406 g/mol. The molecule has 32 heavy (non-hydrogen) atoms. The first-order chi connectivity index (χ1) is 15.6. The van der Waals surface area contributed by atoms with Crippen molar-refractivity contribution in [2.75, 3.05) is 20.4 Å². The molecule has 3 atom stereocenters. The predicted molar refractivity (Wildman–Crippen MR) is 119 cm³/mol. The van der Waals surface area contributed by atoms with Gasteiger partial charge in [0.25, 0.3) is 0 Å². The molecule has 0 amide bonds. The number of ether oxygens (including phenoxy) is 3. The lowest BCUT2D eigenvalue weighted by atomic mass is 9.52. The number of fused-ring (bicyclic) bond motifs is 1. The highest BCUT2D eigenvalue weighted by molar-refractivity contribution is 5.89. The molecule has 0 spiro atoms. The lowest BCUT2D eigenvalue weighted by Gasteiger charge is -2.58. The van der Waals surface area contributed by atoms with Crippen LogP contribution in [0.25, 0.3) is 0 Å². The number of likely N-dealkylation sites (tertiary alicyclic amines) is 1. The molecule has 2 fully saturated rings. The Morgan fingerprint density at radius 3 is 2.75 bits per heavy atom. The molecule has 0 aromatic heterocycles. The average Bonchev–Trinajstić information content (AvgIpc) is 2.82. The van der Waals surface area contributed by atoms with Crippen LogP contribution in [0.4, 0.5) is 4.79 Å². The van der Waals surface area contributed by atoms with E-state index in [1.165, 1.54) is 36.8 Å². The number of benzene rings is 2. The van der Waals surface area contributed by atoms with E-state index in [9.17, 15) is 9.59 Å². The number of esters is 1. The molecule has 1 saturated carbocycles. The van der Waals surface area contributed by atoms with E-state index in [0.29, 0.717) is 23.3 Å². The Hall–Kier alpha value is -2.86. The smallest absolute Gasteiger partial charge is 0.424 e. The second-order valence-corrected chi connectivity index (χ2v) is 9.24. The lowest BCUT2D eigenvalue weighted by molar-refractivity contribution is -0.0144. The number of likely N-dealkylation sites (N-methyl/N-ethyl adjacent to an activating group) is 1. The lowest BCUT2D eigenvalue weighted by Crippen LogP contribution is -2.59. The molecule has 5 rings (SSSR count). The predicted octanol–water partition coefficient (Wildman–Crippen LogP) is 4.70. The van der Waals surface area contributed by atoms with Gasteiger partial charge in [-0.15, -0.1) is 0 Å².